The van der Waals surface area contributed by atoms with Crippen LogP contribution in [-0.4, -0.2) is 34.7 Å². The average molecular weight is 609 g/mol. The van der Waals surface area contributed by atoms with Crippen molar-refractivity contribution in [1.82, 2.24) is 9.80 Å². The molecular formula is C36H52N2O2S2. The Morgan fingerprint density at radius 1 is 0.619 bits per heavy atom. The van der Waals surface area contributed by atoms with E-state index in [9.17, 15) is 9.59 Å². The number of nitrogens with zero attached hydrogens (tertiary/aromatic N) is 2. The lowest BCUT2D eigenvalue weighted by molar-refractivity contribution is -0.124. The Morgan fingerprint density at radius 3 is 1.29 bits per heavy atom. The molecule has 2 aliphatic heterocycles. The highest BCUT2D eigenvalue weighted by Crippen LogP contribution is 2.50. The van der Waals surface area contributed by atoms with Gasteiger partial charge in [0.2, 0.25) is 0 Å². The Labute approximate surface area is 262 Å². The fraction of sp³-hybridized carbons (Fsp3) is 0.611. The molecule has 0 aliphatic carbocycles. The van der Waals surface area contributed by atoms with Crippen LogP contribution < -0.4 is 0 Å². The van der Waals surface area contributed by atoms with Crippen LogP contribution in [-0.2, 0) is 9.59 Å². The predicted octanol–water partition coefficient (Wildman–Crippen LogP) is 10.3. The number of hydrogen-bond donors (Lipinski definition) is 0. The highest BCUT2D eigenvalue weighted by Gasteiger charge is 2.50. The van der Waals surface area contributed by atoms with Crippen LogP contribution >= 0.6 is 22.7 Å². The summed E-state index contributed by atoms with van der Waals surface area (Å²) in [5.74, 6) is 1.66. The van der Waals surface area contributed by atoms with Crippen LogP contribution in [0.25, 0.3) is 11.4 Å². The second kappa shape index (κ2) is 14.5. The number of thiophene rings is 2. The zero-order valence-electron chi connectivity index (χ0n) is 27.2. The minimum Gasteiger partial charge on any atom is -0.306 e. The largest absolute Gasteiger partial charge is 0.306 e. The zero-order chi connectivity index (χ0) is 30.6. The van der Waals surface area contributed by atoms with E-state index in [0.717, 1.165) is 72.5 Å². The van der Waals surface area contributed by atoms with E-state index in [2.05, 4.69) is 79.7 Å². The van der Waals surface area contributed by atoms with E-state index in [4.69, 9.17) is 0 Å². The highest BCUT2D eigenvalue weighted by atomic mass is 32.1. The molecule has 2 atom stereocenters. The Hall–Kier alpha value is -2.18. The van der Waals surface area contributed by atoms with Gasteiger partial charge in [-0.1, -0.05) is 93.9 Å². The highest BCUT2D eigenvalue weighted by molar-refractivity contribution is 7.13. The summed E-state index contributed by atoms with van der Waals surface area (Å²) in [4.78, 5) is 37.9. The van der Waals surface area contributed by atoms with Crippen molar-refractivity contribution >= 4 is 45.9 Å². The topological polar surface area (TPSA) is 40.6 Å². The van der Waals surface area contributed by atoms with Gasteiger partial charge in [-0.15, -0.1) is 22.7 Å². The van der Waals surface area contributed by atoms with Crippen LogP contribution in [0.3, 0.4) is 0 Å². The lowest BCUT2D eigenvalue weighted by Gasteiger charge is -2.29. The fourth-order valence-corrected chi connectivity index (χ4v) is 8.33. The molecule has 0 N–H and O–H groups in total. The Bertz CT molecular complexity index is 1210. The molecular weight excluding hydrogens is 557 g/mol. The minimum absolute atomic E-state index is 0.0152. The normalized spacial score (nSPS) is 17.1. The third kappa shape index (κ3) is 6.65. The molecule has 0 bridgehead atoms. The van der Waals surface area contributed by atoms with Gasteiger partial charge in [-0.25, -0.2) is 0 Å². The third-order valence-electron chi connectivity index (χ3n) is 9.01. The summed E-state index contributed by atoms with van der Waals surface area (Å²) in [5, 5.41) is 0. The van der Waals surface area contributed by atoms with Gasteiger partial charge in [0, 0.05) is 22.8 Å². The summed E-state index contributed by atoms with van der Waals surface area (Å²) in [5.41, 5.74) is 2.99. The van der Waals surface area contributed by atoms with Gasteiger partial charge >= 0.3 is 0 Å². The lowest BCUT2D eigenvalue weighted by Crippen LogP contribution is -2.34. The summed E-state index contributed by atoms with van der Waals surface area (Å²) in [7, 11) is 0. The van der Waals surface area contributed by atoms with Crippen molar-refractivity contribution in [2.75, 3.05) is 13.1 Å². The number of carbonyl (C=O) groups excluding carboxylic acids is 2. The quantitative estimate of drug-likeness (QED) is 0.190. The SMILES string of the molecule is CCCCC(CC)CN1C(=O)C2=C(c3ccc(C(C)C)s3)N(CC(CC)CCCC)C(=O)C2=C1c1ccc(C(C)C)s1. The van der Waals surface area contributed by atoms with Crippen molar-refractivity contribution in [3.63, 3.8) is 0 Å². The molecule has 6 heteroatoms. The van der Waals surface area contributed by atoms with E-state index in [-0.39, 0.29) is 11.8 Å². The van der Waals surface area contributed by atoms with Crippen molar-refractivity contribution in [1.29, 1.82) is 0 Å². The number of hydrogen-bond acceptors (Lipinski definition) is 4. The van der Waals surface area contributed by atoms with Crippen LogP contribution in [0.2, 0.25) is 0 Å². The number of unbranched alkanes of at least 4 members (excludes halogenated alkanes) is 2. The molecule has 2 aliphatic rings. The van der Waals surface area contributed by atoms with Gasteiger partial charge in [0.25, 0.3) is 11.8 Å². The van der Waals surface area contributed by atoms with E-state index in [0.29, 0.717) is 47.9 Å². The van der Waals surface area contributed by atoms with Gasteiger partial charge in [-0.2, -0.15) is 0 Å². The van der Waals surface area contributed by atoms with Crippen LogP contribution in [0.5, 0.6) is 0 Å². The van der Waals surface area contributed by atoms with Gasteiger partial charge in [-0.3, -0.25) is 9.59 Å². The summed E-state index contributed by atoms with van der Waals surface area (Å²) in [6.45, 7) is 19.1. The minimum atomic E-state index is 0.0152. The van der Waals surface area contributed by atoms with Crippen molar-refractivity contribution in [3.8, 4) is 0 Å². The molecule has 0 fully saturated rings. The number of amides is 2. The second-order valence-electron chi connectivity index (χ2n) is 12.8. The number of rotatable bonds is 16. The van der Waals surface area contributed by atoms with E-state index >= 15 is 0 Å². The van der Waals surface area contributed by atoms with Gasteiger partial charge in [0.15, 0.2) is 0 Å². The van der Waals surface area contributed by atoms with Crippen LogP contribution in [0.15, 0.2) is 35.4 Å². The molecule has 0 saturated carbocycles. The molecule has 0 radical (unpaired) electrons. The van der Waals surface area contributed by atoms with Crippen molar-refractivity contribution in [3.05, 3.63) is 54.9 Å². The molecule has 2 aromatic rings. The number of carbonyl (C=O) groups is 2. The van der Waals surface area contributed by atoms with Crippen LogP contribution in [0.1, 0.15) is 138 Å². The van der Waals surface area contributed by atoms with E-state index < -0.39 is 0 Å². The Balaban J connectivity index is 1.90. The van der Waals surface area contributed by atoms with E-state index in [1.807, 2.05) is 9.80 Å². The predicted molar refractivity (Wildman–Crippen MR) is 181 cm³/mol. The molecule has 2 aromatic heterocycles. The lowest BCUT2D eigenvalue weighted by atomic mass is 9.98. The molecule has 0 spiro atoms. The molecule has 2 unspecified atom stereocenters. The molecule has 4 heterocycles. The molecule has 42 heavy (non-hydrogen) atoms. The maximum Gasteiger partial charge on any atom is 0.261 e. The molecule has 4 rings (SSSR count). The van der Waals surface area contributed by atoms with Gasteiger partial charge in [-0.05, 0) is 60.8 Å². The van der Waals surface area contributed by atoms with Gasteiger partial charge in [0.05, 0.1) is 32.3 Å². The van der Waals surface area contributed by atoms with Gasteiger partial charge < -0.3 is 9.80 Å². The molecule has 0 saturated heterocycles. The first-order valence-corrected chi connectivity index (χ1v) is 18.1. The maximum absolute atomic E-state index is 14.6. The maximum atomic E-state index is 14.6. The fourth-order valence-electron chi connectivity index (χ4n) is 6.19. The first kappa shape index (κ1) is 32.7. The summed E-state index contributed by atoms with van der Waals surface area (Å²) >= 11 is 3.48. The van der Waals surface area contributed by atoms with Crippen molar-refractivity contribution < 1.29 is 9.59 Å². The third-order valence-corrected chi connectivity index (χ3v) is 11.8. The van der Waals surface area contributed by atoms with Gasteiger partial charge in [0.1, 0.15) is 0 Å². The standard InChI is InChI=1S/C36H52N2O2S2/c1-9-13-15-25(11-3)21-37-33(29-19-17-27(41-29)23(5)6)31-32(35(37)39)34(30-20-18-28(42-30)24(7)8)38(36(31)40)22-26(12-4)16-14-10-2/h17-20,23-26H,9-16,21-22H2,1-8H3. The molecule has 4 nitrogen and oxygen atoms in total. The van der Waals surface area contributed by atoms with Crippen LogP contribution in [0, 0.1) is 11.8 Å². The summed E-state index contributed by atoms with van der Waals surface area (Å²) in [6.07, 6.45) is 8.88. The van der Waals surface area contributed by atoms with E-state index in [1.165, 1.54) is 9.75 Å². The summed E-state index contributed by atoms with van der Waals surface area (Å²) < 4.78 is 0. The number of fused-ring (bicyclic) bond motifs is 1. The second-order valence-corrected chi connectivity index (χ2v) is 15.1. The monoisotopic (exact) mass is 608 g/mol. The molecule has 2 amide bonds. The Morgan fingerprint density at radius 2 is 1.00 bits per heavy atom. The molecule has 230 valence electrons. The zero-order valence-corrected chi connectivity index (χ0v) is 28.9. The van der Waals surface area contributed by atoms with Crippen molar-refractivity contribution in [2.45, 2.75) is 119 Å². The first-order chi connectivity index (χ1) is 20.2. The summed E-state index contributed by atoms with van der Waals surface area (Å²) in [6, 6.07) is 8.65. The average Bonchev–Trinajstić information content (AvgIpc) is 3.75. The van der Waals surface area contributed by atoms with Crippen molar-refractivity contribution in [2.24, 2.45) is 11.8 Å². The van der Waals surface area contributed by atoms with Crippen LogP contribution in [0.4, 0.5) is 0 Å². The Kier molecular flexibility index (Phi) is 11.3. The van der Waals surface area contributed by atoms with E-state index in [1.54, 1.807) is 22.7 Å². The first-order valence-electron chi connectivity index (χ1n) is 16.5. The molecule has 0 aromatic carbocycles. The smallest absolute Gasteiger partial charge is 0.261 e.